The van der Waals surface area contributed by atoms with E-state index in [1.165, 1.54) is 37.1 Å². The Labute approximate surface area is 166 Å². The highest BCUT2D eigenvalue weighted by atomic mass is 16.5. The first kappa shape index (κ1) is 23.5. The summed E-state index contributed by atoms with van der Waals surface area (Å²) in [6, 6.07) is 4.95. The maximum absolute atomic E-state index is 9.55. The molecule has 0 radical (unpaired) electrons. The minimum Gasteiger partial charge on any atom is -0.493 e. The number of carboxylic acids is 2. The van der Waals surface area contributed by atoms with Crippen LogP contribution in [0.4, 0.5) is 0 Å². The van der Waals surface area contributed by atoms with E-state index in [1.54, 1.807) is 14.2 Å². The van der Waals surface area contributed by atoms with E-state index in [0.717, 1.165) is 24.3 Å². The fraction of sp³-hybridized carbons (Fsp3) is 0.524. The number of rotatable bonds is 9. The molecule has 0 atom stereocenters. The molecule has 1 aliphatic rings. The van der Waals surface area contributed by atoms with Crippen molar-refractivity contribution < 1.29 is 29.3 Å². The molecule has 0 bridgehead atoms. The smallest absolute Gasteiger partial charge is 0.328 e. The van der Waals surface area contributed by atoms with E-state index >= 15 is 0 Å². The van der Waals surface area contributed by atoms with Gasteiger partial charge in [-0.15, -0.1) is 0 Å². The number of benzene rings is 1. The second kappa shape index (κ2) is 12.0. The maximum Gasteiger partial charge on any atom is 0.328 e. The average Bonchev–Trinajstić information content (AvgIpc) is 3.08. The molecule has 2 N–H and O–H groups in total. The largest absolute Gasteiger partial charge is 0.493 e. The molecule has 28 heavy (non-hydrogen) atoms. The molecule has 1 aromatic rings. The molecule has 0 aromatic heterocycles. The zero-order valence-corrected chi connectivity index (χ0v) is 17.1. The fourth-order valence-corrected chi connectivity index (χ4v) is 3.38. The summed E-state index contributed by atoms with van der Waals surface area (Å²) in [5, 5.41) is 15.6. The summed E-state index contributed by atoms with van der Waals surface area (Å²) in [7, 11) is 3.41. The molecule has 7 heteroatoms. The van der Waals surface area contributed by atoms with Gasteiger partial charge in [0.15, 0.2) is 11.5 Å². The van der Waals surface area contributed by atoms with Crippen molar-refractivity contribution in [2.24, 2.45) is 0 Å². The lowest BCUT2D eigenvalue weighted by molar-refractivity contribution is -0.134. The molecule has 0 unspecified atom stereocenters. The first-order valence-electron chi connectivity index (χ1n) is 9.47. The van der Waals surface area contributed by atoms with Crippen LogP contribution in [0.5, 0.6) is 11.5 Å². The number of methoxy groups -OCH3 is 2. The van der Waals surface area contributed by atoms with E-state index in [2.05, 4.69) is 30.9 Å². The number of hydrogen-bond acceptors (Lipinski definition) is 5. The highest BCUT2D eigenvalue weighted by Gasteiger charge is 2.27. The summed E-state index contributed by atoms with van der Waals surface area (Å²) >= 11 is 0. The van der Waals surface area contributed by atoms with Crippen LogP contribution in [0.15, 0.2) is 24.3 Å². The first-order chi connectivity index (χ1) is 13.4. The van der Waals surface area contributed by atoms with Gasteiger partial charge >= 0.3 is 11.9 Å². The van der Waals surface area contributed by atoms with Gasteiger partial charge in [-0.25, -0.2) is 9.59 Å². The zero-order valence-electron chi connectivity index (χ0n) is 17.1. The third-order valence-electron chi connectivity index (χ3n) is 4.52. The lowest BCUT2D eigenvalue weighted by Crippen LogP contribution is -2.37. The van der Waals surface area contributed by atoms with Crippen LogP contribution < -0.4 is 9.47 Å². The number of fused-ring (bicyclic) bond motifs is 1. The summed E-state index contributed by atoms with van der Waals surface area (Å²) in [6.45, 7) is 6.91. The topological polar surface area (TPSA) is 96.3 Å². The van der Waals surface area contributed by atoms with Gasteiger partial charge in [0.25, 0.3) is 0 Å². The summed E-state index contributed by atoms with van der Waals surface area (Å²) in [6.07, 6.45) is 5.83. The summed E-state index contributed by atoms with van der Waals surface area (Å²) in [4.78, 5) is 21.7. The Morgan fingerprint density at radius 2 is 1.36 bits per heavy atom. The number of ether oxygens (including phenoxy) is 2. The fourth-order valence-electron chi connectivity index (χ4n) is 3.38. The van der Waals surface area contributed by atoms with Gasteiger partial charge in [-0.1, -0.05) is 13.8 Å². The van der Waals surface area contributed by atoms with E-state index < -0.39 is 11.9 Å². The highest BCUT2D eigenvalue weighted by Crippen LogP contribution is 2.36. The Kier molecular flexibility index (Phi) is 10.1. The lowest BCUT2D eigenvalue weighted by Gasteiger charge is -2.27. The second-order valence-corrected chi connectivity index (χ2v) is 6.58. The number of nitrogens with zero attached hydrogens (tertiary/aromatic N) is 1. The summed E-state index contributed by atoms with van der Waals surface area (Å²) in [5.74, 6) is -0.811. The van der Waals surface area contributed by atoms with Gasteiger partial charge in [-0.3, -0.25) is 4.90 Å². The molecule has 0 saturated carbocycles. The van der Waals surface area contributed by atoms with Crippen molar-refractivity contribution in [3.63, 3.8) is 0 Å². The van der Waals surface area contributed by atoms with Gasteiger partial charge in [0.1, 0.15) is 0 Å². The lowest BCUT2D eigenvalue weighted by atomic mass is 10.1. The molecule has 2 rings (SSSR count). The predicted octanol–water partition coefficient (Wildman–Crippen LogP) is 3.00. The molecule has 156 valence electrons. The molecule has 7 nitrogen and oxygen atoms in total. The molecule has 1 aromatic carbocycles. The Bertz CT molecular complexity index is 631. The quantitative estimate of drug-likeness (QED) is 0.623. The van der Waals surface area contributed by atoms with Crippen molar-refractivity contribution in [2.45, 2.75) is 45.6 Å². The SMILES string of the molecule is CCCN(CCC)C1Cc2cc(OC)c(OC)cc2C1.O=C(O)/C=C\C(=O)O. The van der Waals surface area contributed by atoms with E-state index in [1.807, 2.05) is 0 Å². The van der Waals surface area contributed by atoms with Crippen LogP contribution in [-0.4, -0.2) is 60.4 Å². The Balaban J connectivity index is 0.000000416. The van der Waals surface area contributed by atoms with Crippen LogP contribution >= 0.6 is 0 Å². The van der Waals surface area contributed by atoms with E-state index in [4.69, 9.17) is 19.7 Å². The van der Waals surface area contributed by atoms with Gasteiger partial charge in [0, 0.05) is 18.2 Å². The van der Waals surface area contributed by atoms with Crippen LogP contribution in [0.1, 0.15) is 37.8 Å². The van der Waals surface area contributed by atoms with Gasteiger partial charge in [0.2, 0.25) is 0 Å². The normalized spacial score (nSPS) is 13.2. The summed E-state index contributed by atoms with van der Waals surface area (Å²) in [5.41, 5.74) is 2.84. The van der Waals surface area contributed by atoms with Gasteiger partial charge in [-0.05, 0) is 62.0 Å². The van der Waals surface area contributed by atoms with Crippen molar-refractivity contribution in [2.75, 3.05) is 27.3 Å². The van der Waals surface area contributed by atoms with Crippen LogP contribution in [0.3, 0.4) is 0 Å². The number of carbonyl (C=O) groups is 2. The van der Waals surface area contributed by atoms with Crippen LogP contribution in [-0.2, 0) is 22.4 Å². The Morgan fingerprint density at radius 1 is 0.964 bits per heavy atom. The Hall–Kier alpha value is -2.54. The number of hydrogen-bond donors (Lipinski definition) is 2. The maximum atomic E-state index is 9.55. The summed E-state index contributed by atoms with van der Waals surface area (Å²) < 4.78 is 10.8. The average molecular weight is 393 g/mol. The predicted molar refractivity (Wildman–Crippen MR) is 107 cm³/mol. The second-order valence-electron chi connectivity index (χ2n) is 6.58. The molecule has 1 aliphatic carbocycles. The number of carboxylic acid groups (broad SMARTS) is 2. The third-order valence-corrected chi connectivity index (χ3v) is 4.52. The van der Waals surface area contributed by atoms with Gasteiger partial charge in [0.05, 0.1) is 14.2 Å². The molecule has 0 heterocycles. The van der Waals surface area contributed by atoms with Crippen LogP contribution in [0, 0.1) is 0 Å². The Morgan fingerprint density at radius 3 is 1.64 bits per heavy atom. The molecular weight excluding hydrogens is 362 g/mol. The van der Waals surface area contributed by atoms with Crippen LogP contribution in [0.25, 0.3) is 0 Å². The molecular formula is C21H31NO6. The van der Waals surface area contributed by atoms with E-state index in [0.29, 0.717) is 18.2 Å². The standard InChI is InChI=1S/C17H27NO2.C4H4O4/c1-5-7-18(8-6-2)15-9-13-11-16(19-3)17(20-4)12-14(13)10-15;5-3(6)1-2-4(7)8/h11-12,15H,5-10H2,1-4H3;1-2H,(H,5,6)(H,7,8)/b;2-1-. The first-order valence-corrected chi connectivity index (χ1v) is 9.47. The number of aliphatic carboxylic acids is 2. The van der Waals surface area contributed by atoms with Crippen LogP contribution in [0.2, 0.25) is 0 Å². The molecule has 0 aliphatic heterocycles. The monoisotopic (exact) mass is 393 g/mol. The minimum absolute atomic E-state index is 0.558. The zero-order chi connectivity index (χ0) is 21.1. The van der Waals surface area contributed by atoms with Crippen molar-refractivity contribution in [3.05, 3.63) is 35.4 Å². The van der Waals surface area contributed by atoms with Crippen molar-refractivity contribution in [1.82, 2.24) is 4.90 Å². The highest BCUT2D eigenvalue weighted by molar-refractivity contribution is 5.89. The molecule has 0 saturated heterocycles. The van der Waals surface area contributed by atoms with Crippen molar-refractivity contribution in [3.8, 4) is 11.5 Å². The van der Waals surface area contributed by atoms with Gasteiger partial charge < -0.3 is 19.7 Å². The van der Waals surface area contributed by atoms with Gasteiger partial charge in [-0.2, -0.15) is 0 Å². The molecule has 0 amide bonds. The van der Waals surface area contributed by atoms with Crippen molar-refractivity contribution >= 4 is 11.9 Å². The third kappa shape index (κ3) is 7.23. The molecule has 0 spiro atoms. The van der Waals surface area contributed by atoms with E-state index in [9.17, 15) is 9.59 Å². The molecule has 0 fully saturated rings. The van der Waals surface area contributed by atoms with Crippen molar-refractivity contribution in [1.29, 1.82) is 0 Å². The van der Waals surface area contributed by atoms with E-state index in [-0.39, 0.29) is 0 Å². The minimum atomic E-state index is -1.26.